The van der Waals surface area contributed by atoms with Crippen LogP contribution < -0.4 is 10.5 Å². The molecule has 0 bridgehead atoms. The van der Waals surface area contributed by atoms with Gasteiger partial charge >= 0.3 is 5.97 Å². The van der Waals surface area contributed by atoms with Crippen LogP contribution in [0.5, 0.6) is 0 Å². The molecule has 0 unspecified atom stereocenters. The van der Waals surface area contributed by atoms with Gasteiger partial charge in [0.1, 0.15) is 16.8 Å². The number of rotatable bonds is 4. The van der Waals surface area contributed by atoms with Gasteiger partial charge in [-0.3, -0.25) is 9.20 Å². The lowest BCUT2D eigenvalue weighted by atomic mass is 10.1. The predicted molar refractivity (Wildman–Crippen MR) is 116 cm³/mol. The Morgan fingerprint density at radius 2 is 1.93 bits per heavy atom. The average molecular weight is 435 g/mol. The number of carbonyl (C=O) groups excluding carboxylic acids is 1. The molecule has 0 radical (unpaired) electrons. The Hall–Kier alpha value is -2.59. The summed E-state index contributed by atoms with van der Waals surface area (Å²) >= 11 is 0. The lowest BCUT2D eigenvalue weighted by Gasteiger charge is -2.28. The number of aromatic nitrogens is 2. The van der Waals surface area contributed by atoms with E-state index in [-0.39, 0.29) is 11.1 Å². The smallest absolute Gasteiger partial charge is 0.339 e. The molecule has 0 aromatic carbocycles. The standard InChI is InChI=1S/C20H26N4O5S/c1-13(22-30(27)20(2,3)4)15-10-14(19(26)28-5)12-24-17(25)11-16(21-18(15)24)23-6-8-29-9-7-23/h10-12H,6-9H2,1-5H3/b22-13+/t30-/m1/s1. The molecule has 2 aromatic rings. The van der Waals surface area contributed by atoms with Crippen molar-refractivity contribution in [3.8, 4) is 0 Å². The SMILES string of the molecule is COC(=O)c1cc(/C(C)=N/[S@](=O)C(C)(C)C)c2nc(N3CCOCC3)cc(=O)n2c1. The average Bonchev–Trinajstić information content (AvgIpc) is 2.72. The van der Waals surface area contributed by atoms with Crippen LogP contribution in [0.25, 0.3) is 5.65 Å². The van der Waals surface area contributed by atoms with Crippen molar-refractivity contribution >= 4 is 34.1 Å². The van der Waals surface area contributed by atoms with Crippen LogP contribution in [0.3, 0.4) is 0 Å². The number of pyridine rings is 1. The van der Waals surface area contributed by atoms with Gasteiger partial charge in [0.05, 0.1) is 36.3 Å². The fraction of sp³-hybridized carbons (Fsp3) is 0.500. The summed E-state index contributed by atoms with van der Waals surface area (Å²) in [5.74, 6) is -0.0628. The first-order valence-electron chi connectivity index (χ1n) is 9.58. The highest BCUT2D eigenvalue weighted by atomic mass is 32.2. The molecule has 10 heteroatoms. The molecule has 0 aliphatic carbocycles. The number of morpholine rings is 1. The first kappa shape index (κ1) is 22.1. The maximum Gasteiger partial charge on any atom is 0.339 e. The number of hydrogen-bond acceptors (Lipinski definition) is 7. The molecule has 1 aliphatic heterocycles. The first-order valence-corrected chi connectivity index (χ1v) is 10.7. The molecule has 1 atom stereocenters. The summed E-state index contributed by atoms with van der Waals surface area (Å²) in [6.45, 7) is 9.51. The van der Waals surface area contributed by atoms with Crippen molar-refractivity contribution in [3.05, 3.63) is 39.8 Å². The molecular weight excluding hydrogens is 408 g/mol. The molecule has 0 spiro atoms. The van der Waals surface area contributed by atoms with Crippen molar-refractivity contribution in [1.82, 2.24) is 9.38 Å². The van der Waals surface area contributed by atoms with Gasteiger partial charge in [0.25, 0.3) is 5.56 Å². The van der Waals surface area contributed by atoms with E-state index in [1.807, 2.05) is 25.7 Å². The van der Waals surface area contributed by atoms with Gasteiger partial charge in [0.2, 0.25) is 0 Å². The van der Waals surface area contributed by atoms with Gasteiger partial charge in [0.15, 0.2) is 5.65 Å². The highest BCUT2D eigenvalue weighted by Gasteiger charge is 2.22. The molecule has 162 valence electrons. The number of ether oxygens (including phenoxy) is 2. The van der Waals surface area contributed by atoms with Crippen molar-refractivity contribution in [3.63, 3.8) is 0 Å². The van der Waals surface area contributed by atoms with Crippen LogP contribution in [-0.4, -0.2) is 63.4 Å². The summed E-state index contributed by atoms with van der Waals surface area (Å²) in [7, 11) is -0.247. The van der Waals surface area contributed by atoms with Gasteiger partial charge in [-0.1, -0.05) is 0 Å². The Bertz CT molecular complexity index is 1080. The number of anilines is 1. The zero-order valence-corrected chi connectivity index (χ0v) is 18.6. The van der Waals surface area contributed by atoms with Crippen LogP contribution in [0.15, 0.2) is 27.5 Å². The number of hydrogen-bond donors (Lipinski definition) is 0. The number of nitrogens with zero attached hydrogens (tertiary/aromatic N) is 4. The van der Waals surface area contributed by atoms with Crippen molar-refractivity contribution in [2.75, 3.05) is 38.3 Å². The van der Waals surface area contributed by atoms with Crippen LogP contribution in [0.2, 0.25) is 0 Å². The summed E-state index contributed by atoms with van der Waals surface area (Å²) in [4.78, 5) is 31.7. The minimum absolute atomic E-state index is 0.180. The number of fused-ring (bicyclic) bond motifs is 1. The molecule has 3 heterocycles. The van der Waals surface area contributed by atoms with Crippen molar-refractivity contribution < 1.29 is 18.5 Å². The van der Waals surface area contributed by atoms with Crippen molar-refractivity contribution in [1.29, 1.82) is 0 Å². The fourth-order valence-corrected chi connectivity index (χ4v) is 3.57. The molecule has 9 nitrogen and oxygen atoms in total. The quantitative estimate of drug-likeness (QED) is 0.532. The summed E-state index contributed by atoms with van der Waals surface area (Å²) in [6.07, 6.45) is 1.40. The van der Waals surface area contributed by atoms with E-state index in [0.29, 0.717) is 49.0 Å². The monoisotopic (exact) mass is 434 g/mol. The van der Waals surface area contributed by atoms with Crippen LogP contribution in [0, 0.1) is 0 Å². The van der Waals surface area contributed by atoms with E-state index in [0.717, 1.165) is 0 Å². The lowest BCUT2D eigenvalue weighted by Crippen LogP contribution is -2.37. The molecular formula is C20H26N4O5S. The Morgan fingerprint density at radius 1 is 1.27 bits per heavy atom. The number of methoxy groups -OCH3 is 1. The predicted octanol–water partition coefficient (Wildman–Crippen LogP) is 1.59. The van der Waals surface area contributed by atoms with Crippen LogP contribution in [0.1, 0.15) is 43.6 Å². The third-order valence-electron chi connectivity index (χ3n) is 4.64. The lowest BCUT2D eigenvalue weighted by molar-refractivity contribution is 0.0600. The Labute approximate surface area is 177 Å². The minimum Gasteiger partial charge on any atom is -0.465 e. The van der Waals surface area contributed by atoms with Gasteiger partial charge in [-0.15, -0.1) is 0 Å². The van der Waals surface area contributed by atoms with Crippen molar-refractivity contribution in [2.24, 2.45) is 4.40 Å². The molecule has 0 saturated carbocycles. The molecule has 3 rings (SSSR count). The highest BCUT2D eigenvalue weighted by molar-refractivity contribution is 7.85. The second-order valence-corrected chi connectivity index (χ2v) is 9.82. The minimum atomic E-state index is -1.52. The Kier molecular flexibility index (Phi) is 6.37. The molecule has 1 saturated heterocycles. The molecule has 1 fully saturated rings. The van der Waals surface area contributed by atoms with Gasteiger partial charge in [-0.25, -0.2) is 14.0 Å². The van der Waals surface area contributed by atoms with Crippen molar-refractivity contribution in [2.45, 2.75) is 32.4 Å². The third-order valence-corrected chi connectivity index (χ3v) is 6.12. The van der Waals surface area contributed by atoms with Gasteiger partial charge < -0.3 is 14.4 Å². The zero-order chi connectivity index (χ0) is 22.1. The Morgan fingerprint density at radius 3 is 2.53 bits per heavy atom. The molecule has 0 amide bonds. The Balaban J connectivity index is 2.24. The fourth-order valence-electron chi connectivity index (χ4n) is 2.95. The van der Waals surface area contributed by atoms with Gasteiger partial charge in [0, 0.05) is 30.9 Å². The van der Waals surface area contributed by atoms with Crippen LogP contribution in [-0.2, 0) is 20.5 Å². The van der Waals surface area contributed by atoms with E-state index in [4.69, 9.17) is 9.47 Å². The normalized spacial score (nSPS) is 16.6. The number of esters is 1. The zero-order valence-electron chi connectivity index (χ0n) is 17.8. The second kappa shape index (κ2) is 8.65. The van der Waals surface area contributed by atoms with Crippen LogP contribution >= 0.6 is 0 Å². The van der Waals surface area contributed by atoms with E-state index in [2.05, 4.69) is 9.38 Å². The maximum atomic E-state index is 12.9. The summed E-state index contributed by atoms with van der Waals surface area (Å²) in [5.41, 5.74) is 1.04. The van der Waals surface area contributed by atoms with E-state index in [1.165, 1.54) is 23.8 Å². The van der Waals surface area contributed by atoms with Gasteiger partial charge in [-0.05, 0) is 33.8 Å². The molecule has 0 N–H and O–H groups in total. The topological polar surface area (TPSA) is 103 Å². The maximum absolute atomic E-state index is 12.9. The largest absolute Gasteiger partial charge is 0.465 e. The second-order valence-electron chi connectivity index (χ2n) is 7.92. The third kappa shape index (κ3) is 4.59. The van der Waals surface area contributed by atoms with E-state index >= 15 is 0 Å². The van der Waals surface area contributed by atoms with E-state index < -0.39 is 21.7 Å². The molecule has 30 heavy (non-hydrogen) atoms. The molecule has 2 aromatic heterocycles. The molecule has 1 aliphatic rings. The van der Waals surface area contributed by atoms with E-state index in [1.54, 1.807) is 13.0 Å². The highest BCUT2D eigenvalue weighted by Crippen LogP contribution is 2.20. The number of carbonyl (C=O) groups is 1. The first-order chi connectivity index (χ1) is 14.1. The van der Waals surface area contributed by atoms with E-state index in [9.17, 15) is 13.8 Å². The van der Waals surface area contributed by atoms with Crippen LogP contribution in [0.4, 0.5) is 5.82 Å². The van der Waals surface area contributed by atoms with Gasteiger partial charge in [-0.2, -0.15) is 4.40 Å². The summed E-state index contributed by atoms with van der Waals surface area (Å²) in [5, 5.41) is 0. The summed E-state index contributed by atoms with van der Waals surface area (Å²) in [6, 6.07) is 3.00. The summed E-state index contributed by atoms with van der Waals surface area (Å²) < 4.78 is 27.8.